The number of nitrogens with two attached hydrogens (primary N) is 1. The fraction of sp³-hybridized carbons (Fsp3) is 0.533. The Morgan fingerprint density at radius 1 is 1.47 bits per heavy atom. The van der Waals surface area contributed by atoms with Crippen molar-refractivity contribution in [3.8, 4) is 0 Å². The van der Waals surface area contributed by atoms with Crippen LogP contribution in [0.4, 0.5) is 0 Å². The Balaban J connectivity index is 1.80. The van der Waals surface area contributed by atoms with Crippen LogP contribution in [0.2, 0.25) is 0 Å². The van der Waals surface area contributed by atoms with E-state index in [0.29, 0.717) is 12.0 Å². The number of pyridine rings is 1. The van der Waals surface area contributed by atoms with Crippen LogP contribution in [-0.4, -0.2) is 34.0 Å². The molecule has 2 aromatic heterocycles. The number of piperidine rings is 1. The average Bonchev–Trinajstić information content (AvgIpc) is 2.85. The van der Waals surface area contributed by atoms with Crippen LogP contribution in [-0.2, 0) is 6.54 Å². The maximum atomic E-state index is 5.83. The highest BCUT2D eigenvalue weighted by Gasteiger charge is 2.25. The number of rotatable bonds is 3. The molecular formula is C15H22N4. The van der Waals surface area contributed by atoms with Gasteiger partial charge in [0.05, 0.1) is 0 Å². The summed E-state index contributed by atoms with van der Waals surface area (Å²) in [5.41, 5.74) is 8.16. The second-order valence-corrected chi connectivity index (χ2v) is 5.67. The molecule has 3 heterocycles. The molecule has 2 atom stereocenters. The van der Waals surface area contributed by atoms with Crippen LogP contribution < -0.4 is 5.73 Å². The molecule has 1 saturated heterocycles. The number of nitrogens with zero attached hydrogens (tertiary/aromatic N) is 2. The molecule has 3 N–H and O–H groups in total. The molecule has 4 nitrogen and oxygen atoms in total. The van der Waals surface area contributed by atoms with E-state index < -0.39 is 0 Å². The molecule has 0 aromatic carbocycles. The number of nitrogens with one attached hydrogen (secondary N) is 1. The molecule has 4 heteroatoms. The standard InChI is InChI=1S/C15H22N4/c1-11-4-5-12(7-16)9-19(11)10-13-8-18-15-14(13)3-2-6-17-15/h2-3,6,8,11-12H,4-5,7,9-10,16H2,1H3,(H,17,18). The van der Waals surface area contributed by atoms with Gasteiger partial charge in [0.15, 0.2) is 0 Å². The molecule has 102 valence electrons. The molecule has 0 saturated carbocycles. The quantitative estimate of drug-likeness (QED) is 0.886. The lowest BCUT2D eigenvalue weighted by atomic mass is 9.93. The van der Waals surface area contributed by atoms with E-state index in [1.807, 2.05) is 12.3 Å². The van der Waals surface area contributed by atoms with E-state index in [0.717, 1.165) is 25.3 Å². The lowest BCUT2D eigenvalue weighted by Crippen LogP contribution is -2.43. The minimum atomic E-state index is 0.643. The van der Waals surface area contributed by atoms with Gasteiger partial charge in [-0.2, -0.15) is 0 Å². The van der Waals surface area contributed by atoms with Crippen LogP contribution in [0.15, 0.2) is 24.5 Å². The van der Waals surface area contributed by atoms with Gasteiger partial charge in [0, 0.05) is 36.9 Å². The second-order valence-electron chi connectivity index (χ2n) is 5.67. The zero-order valence-corrected chi connectivity index (χ0v) is 11.5. The van der Waals surface area contributed by atoms with Gasteiger partial charge in [0.25, 0.3) is 0 Å². The molecule has 2 aromatic rings. The van der Waals surface area contributed by atoms with E-state index in [2.05, 4.69) is 34.1 Å². The van der Waals surface area contributed by atoms with Crippen molar-refractivity contribution < 1.29 is 0 Å². The number of aromatic nitrogens is 2. The van der Waals surface area contributed by atoms with Crippen LogP contribution in [0.1, 0.15) is 25.3 Å². The third-order valence-electron chi connectivity index (χ3n) is 4.35. The van der Waals surface area contributed by atoms with Crippen LogP contribution in [0.25, 0.3) is 11.0 Å². The Bertz CT molecular complexity index is 548. The summed E-state index contributed by atoms with van der Waals surface area (Å²) in [6.07, 6.45) is 6.44. The number of likely N-dealkylation sites (tertiary alicyclic amines) is 1. The third-order valence-corrected chi connectivity index (χ3v) is 4.35. The van der Waals surface area contributed by atoms with Crippen molar-refractivity contribution in [2.75, 3.05) is 13.1 Å². The topological polar surface area (TPSA) is 57.9 Å². The van der Waals surface area contributed by atoms with Crippen LogP contribution >= 0.6 is 0 Å². The van der Waals surface area contributed by atoms with E-state index >= 15 is 0 Å². The number of hydrogen-bond donors (Lipinski definition) is 2. The number of fused-ring (bicyclic) bond motifs is 1. The summed E-state index contributed by atoms with van der Waals surface area (Å²) >= 11 is 0. The highest BCUT2D eigenvalue weighted by Crippen LogP contribution is 2.25. The molecular weight excluding hydrogens is 236 g/mol. The van der Waals surface area contributed by atoms with Gasteiger partial charge in [0.1, 0.15) is 5.65 Å². The first kappa shape index (κ1) is 12.6. The molecule has 19 heavy (non-hydrogen) atoms. The minimum absolute atomic E-state index is 0.643. The fourth-order valence-electron chi connectivity index (χ4n) is 3.04. The molecule has 0 aliphatic carbocycles. The molecule has 1 fully saturated rings. The summed E-state index contributed by atoms with van der Waals surface area (Å²) in [6.45, 7) is 5.23. The third kappa shape index (κ3) is 2.51. The molecule has 0 radical (unpaired) electrons. The van der Waals surface area contributed by atoms with E-state index in [4.69, 9.17) is 5.73 Å². The summed E-state index contributed by atoms with van der Waals surface area (Å²) in [7, 11) is 0. The van der Waals surface area contributed by atoms with E-state index in [1.165, 1.54) is 23.8 Å². The zero-order valence-electron chi connectivity index (χ0n) is 11.5. The molecule has 1 aliphatic rings. The summed E-state index contributed by atoms with van der Waals surface area (Å²) < 4.78 is 0. The van der Waals surface area contributed by atoms with Crippen molar-refractivity contribution in [1.82, 2.24) is 14.9 Å². The summed E-state index contributed by atoms with van der Waals surface area (Å²) in [4.78, 5) is 10.2. The van der Waals surface area contributed by atoms with Gasteiger partial charge >= 0.3 is 0 Å². The predicted octanol–water partition coefficient (Wildman–Crippen LogP) is 2.12. The van der Waals surface area contributed by atoms with Gasteiger partial charge in [0.2, 0.25) is 0 Å². The summed E-state index contributed by atoms with van der Waals surface area (Å²) in [5, 5.41) is 1.24. The van der Waals surface area contributed by atoms with Gasteiger partial charge in [-0.05, 0) is 49.9 Å². The average molecular weight is 258 g/mol. The number of aromatic amines is 1. The number of H-pyrrole nitrogens is 1. The highest BCUT2D eigenvalue weighted by molar-refractivity contribution is 5.79. The second kappa shape index (κ2) is 5.31. The first-order chi connectivity index (χ1) is 9.28. The van der Waals surface area contributed by atoms with E-state index in [-0.39, 0.29) is 0 Å². The van der Waals surface area contributed by atoms with Crippen molar-refractivity contribution in [2.24, 2.45) is 11.7 Å². The largest absolute Gasteiger partial charge is 0.346 e. The maximum Gasteiger partial charge on any atom is 0.137 e. The predicted molar refractivity (Wildman–Crippen MR) is 77.7 cm³/mol. The van der Waals surface area contributed by atoms with Crippen LogP contribution in [0, 0.1) is 5.92 Å². The van der Waals surface area contributed by atoms with Crippen molar-refractivity contribution in [3.05, 3.63) is 30.1 Å². The molecule has 0 bridgehead atoms. The van der Waals surface area contributed by atoms with Gasteiger partial charge in [-0.3, -0.25) is 4.90 Å². The monoisotopic (exact) mass is 258 g/mol. The molecule has 2 unspecified atom stereocenters. The maximum absolute atomic E-state index is 5.83. The lowest BCUT2D eigenvalue weighted by molar-refractivity contribution is 0.114. The fourth-order valence-corrected chi connectivity index (χ4v) is 3.04. The Kier molecular flexibility index (Phi) is 3.53. The summed E-state index contributed by atoms with van der Waals surface area (Å²) in [5.74, 6) is 0.652. The smallest absolute Gasteiger partial charge is 0.137 e. The van der Waals surface area contributed by atoms with Gasteiger partial charge < -0.3 is 10.7 Å². The van der Waals surface area contributed by atoms with Crippen molar-refractivity contribution in [2.45, 2.75) is 32.4 Å². The number of hydrogen-bond acceptors (Lipinski definition) is 3. The Hall–Kier alpha value is -1.39. The van der Waals surface area contributed by atoms with Crippen molar-refractivity contribution in [1.29, 1.82) is 0 Å². The van der Waals surface area contributed by atoms with Crippen LogP contribution in [0.3, 0.4) is 0 Å². The minimum Gasteiger partial charge on any atom is -0.346 e. The molecule has 3 rings (SSSR count). The van der Waals surface area contributed by atoms with Crippen molar-refractivity contribution >= 4 is 11.0 Å². The lowest BCUT2D eigenvalue weighted by Gasteiger charge is -2.37. The van der Waals surface area contributed by atoms with Gasteiger partial charge in [-0.15, -0.1) is 0 Å². The van der Waals surface area contributed by atoms with Gasteiger partial charge in [-0.25, -0.2) is 4.98 Å². The van der Waals surface area contributed by atoms with E-state index in [1.54, 1.807) is 0 Å². The van der Waals surface area contributed by atoms with Crippen molar-refractivity contribution in [3.63, 3.8) is 0 Å². The zero-order chi connectivity index (χ0) is 13.2. The van der Waals surface area contributed by atoms with Gasteiger partial charge in [-0.1, -0.05) is 0 Å². The Morgan fingerprint density at radius 2 is 2.37 bits per heavy atom. The Morgan fingerprint density at radius 3 is 3.21 bits per heavy atom. The normalized spacial score (nSPS) is 24.9. The van der Waals surface area contributed by atoms with E-state index in [9.17, 15) is 0 Å². The first-order valence-corrected chi connectivity index (χ1v) is 7.13. The SMILES string of the molecule is CC1CCC(CN)CN1Cc1c[nH]c2ncccc12. The molecule has 0 spiro atoms. The Labute approximate surface area is 114 Å². The highest BCUT2D eigenvalue weighted by atomic mass is 15.2. The van der Waals surface area contributed by atoms with Crippen LogP contribution in [0.5, 0.6) is 0 Å². The first-order valence-electron chi connectivity index (χ1n) is 7.13. The molecule has 1 aliphatic heterocycles. The molecule has 0 amide bonds. The summed E-state index contributed by atoms with van der Waals surface area (Å²) in [6, 6.07) is 4.79.